The third kappa shape index (κ3) is 4.04. The van der Waals surface area contributed by atoms with Crippen molar-refractivity contribution in [2.45, 2.75) is 50.6 Å². The molecule has 0 saturated heterocycles. The lowest BCUT2D eigenvalue weighted by atomic mass is 9.81. The van der Waals surface area contributed by atoms with Crippen LogP contribution in [0.1, 0.15) is 50.6 Å². The van der Waals surface area contributed by atoms with E-state index in [4.69, 9.17) is 11.6 Å². The van der Waals surface area contributed by atoms with Gasteiger partial charge in [0.15, 0.2) is 0 Å². The first kappa shape index (κ1) is 17.8. The molecule has 0 unspecified atom stereocenters. The number of carbonyl (C=O) groups is 1. The van der Waals surface area contributed by atoms with Crippen molar-refractivity contribution in [3.63, 3.8) is 0 Å². The molecule has 5 heteroatoms. The smallest absolute Gasteiger partial charge is 0.237 e. The second kappa shape index (κ2) is 7.81. The Balaban J connectivity index is 1.96. The summed E-state index contributed by atoms with van der Waals surface area (Å²) < 4.78 is 0. The van der Waals surface area contributed by atoms with E-state index in [-0.39, 0.29) is 18.5 Å². The van der Waals surface area contributed by atoms with Gasteiger partial charge in [0.2, 0.25) is 5.91 Å². The number of amides is 1. The van der Waals surface area contributed by atoms with E-state index in [0.29, 0.717) is 5.02 Å². The summed E-state index contributed by atoms with van der Waals surface area (Å²) in [7, 11) is 1.75. The second-order valence-electron chi connectivity index (χ2n) is 6.28. The molecule has 124 valence electrons. The predicted molar refractivity (Wildman–Crippen MR) is 92.1 cm³/mol. The molecule has 1 aromatic carbocycles. The highest BCUT2D eigenvalue weighted by molar-refractivity contribution is 6.31. The maximum Gasteiger partial charge on any atom is 0.237 e. The molecule has 23 heavy (non-hydrogen) atoms. The lowest BCUT2D eigenvalue weighted by Crippen LogP contribution is -2.52. The summed E-state index contributed by atoms with van der Waals surface area (Å²) in [6.07, 6.45) is 4.70. The molecule has 4 nitrogen and oxygen atoms in total. The molecule has 1 atom stereocenters. The first-order valence-corrected chi connectivity index (χ1v) is 8.54. The molecule has 0 aromatic heterocycles. The molecule has 0 heterocycles. The number of likely N-dealkylation sites (N-methyl/N-ethyl adjacent to an activating group) is 1. The number of carbonyl (C=O) groups excluding carboxylic acids is 1. The van der Waals surface area contributed by atoms with E-state index >= 15 is 0 Å². The van der Waals surface area contributed by atoms with E-state index in [1.807, 2.05) is 31.2 Å². The van der Waals surface area contributed by atoms with Crippen molar-refractivity contribution in [2.75, 3.05) is 13.6 Å². The van der Waals surface area contributed by atoms with Crippen molar-refractivity contribution in [1.82, 2.24) is 10.2 Å². The van der Waals surface area contributed by atoms with E-state index in [0.717, 1.165) is 37.7 Å². The first-order valence-electron chi connectivity index (χ1n) is 8.16. The number of hydrogen-bond acceptors (Lipinski definition) is 3. The zero-order valence-electron chi connectivity index (χ0n) is 13.8. The molecule has 1 aliphatic carbocycles. The van der Waals surface area contributed by atoms with Crippen LogP contribution in [0.3, 0.4) is 0 Å². The van der Waals surface area contributed by atoms with Gasteiger partial charge >= 0.3 is 0 Å². The van der Waals surface area contributed by atoms with Gasteiger partial charge in [-0.3, -0.25) is 4.79 Å². The van der Waals surface area contributed by atoms with Gasteiger partial charge in [-0.15, -0.1) is 0 Å². The monoisotopic (exact) mass is 333 g/mol. The molecule has 1 N–H and O–H groups in total. The van der Waals surface area contributed by atoms with Crippen molar-refractivity contribution in [3.8, 4) is 6.07 Å². The topological polar surface area (TPSA) is 56.1 Å². The van der Waals surface area contributed by atoms with Crippen LogP contribution in [0.2, 0.25) is 5.02 Å². The molecule has 1 saturated carbocycles. The molecule has 1 fully saturated rings. The second-order valence-corrected chi connectivity index (χ2v) is 6.69. The Kier molecular flexibility index (Phi) is 6.04. The van der Waals surface area contributed by atoms with Gasteiger partial charge in [0.25, 0.3) is 0 Å². The number of nitriles is 1. The predicted octanol–water partition coefficient (Wildman–Crippen LogP) is 3.68. The number of benzene rings is 1. The quantitative estimate of drug-likeness (QED) is 0.894. The summed E-state index contributed by atoms with van der Waals surface area (Å²) in [6, 6.07) is 9.97. The summed E-state index contributed by atoms with van der Waals surface area (Å²) >= 11 is 6.18. The number of halogens is 1. The molecule has 1 amide bonds. The summed E-state index contributed by atoms with van der Waals surface area (Å²) in [5.41, 5.74) is 0.335. The minimum absolute atomic E-state index is 0.0227. The van der Waals surface area contributed by atoms with E-state index in [1.54, 1.807) is 11.9 Å². The first-order chi connectivity index (χ1) is 11.0. The lowest BCUT2D eigenvalue weighted by molar-refractivity contribution is -0.134. The van der Waals surface area contributed by atoms with Crippen LogP contribution in [0.5, 0.6) is 0 Å². The Bertz CT molecular complexity index is 590. The molecular formula is C18H24ClN3O. The number of hydrogen-bond donors (Lipinski definition) is 1. The lowest BCUT2D eigenvalue weighted by Gasteiger charge is -2.39. The molecule has 2 rings (SSSR count). The van der Waals surface area contributed by atoms with Crippen molar-refractivity contribution >= 4 is 17.5 Å². The van der Waals surface area contributed by atoms with Crippen LogP contribution in [0.15, 0.2) is 24.3 Å². The number of rotatable bonds is 5. The van der Waals surface area contributed by atoms with E-state index in [2.05, 4.69) is 11.4 Å². The highest BCUT2D eigenvalue weighted by Gasteiger charge is 2.38. The average molecular weight is 334 g/mol. The fourth-order valence-corrected chi connectivity index (χ4v) is 3.49. The van der Waals surface area contributed by atoms with Crippen molar-refractivity contribution in [3.05, 3.63) is 34.9 Å². The Morgan fingerprint density at radius 2 is 2.04 bits per heavy atom. The van der Waals surface area contributed by atoms with Gasteiger partial charge in [-0.2, -0.15) is 5.26 Å². The van der Waals surface area contributed by atoms with Gasteiger partial charge < -0.3 is 10.2 Å². The molecule has 1 aliphatic rings. The Labute approximate surface area is 143 Å². The molecule has 0 bridgehead atoms. The molecule has 0 radical (unpaired) electrons. The average Bonchev–Trinajstić information content (AvgIpc) is 2.59. The summed E-state index contributed by atoms with van der Waals surface area (Å²) in [4.78, 5) is 14.1. The van der Waals surface area contributed by atoms with Gasteiger partial charge in [-0.25, -0.2) is 0 Å². The van der Waals surface area contributed by atoms with Crippen LogP contribution >= 0.6 is 11.6 Å². The van der Waals surface area contributed by atoms with Crippen LogP contribution in [0, 0.1) is 11.3 Å². The van der Waals surface area contributed by atoms with Crippen LogP contribution < -0.4 is 5.32 Å². The van der Waals surface area contributed by atoms with Crippen molar-refractivity contribution < 1.29 is 4.79 Å². The fourth-order valence-electron chi connectivity index (χ4n) is 3.19. The van der Waals surface area contributed by atoms with Gasteiger partial charge in [0.1, 0.15) is 5.54 Å². The standard InChI is InChI=1S/C18H24ClN3O/c1-14(15-8-4-5-9-16(15)19)21-12-17(23)22(2)18(13-20)10-6-3-7-11-18/h4-5,8-9,14,21H,3,6-7,10-12H2,1-2H3/t14-/m1/s1. The van der Waals surface area contributed by atoms with Crippen LogP contribution in [0.25, 0.3) is 0 Å². The van der Waals surface area contributed by atoms with Gasteiger partial charge in [-0.05, 0) is 31.4 Å². The Morgan fingerprint density at radius 3 is 2.65 bits per heavy atom. The molecule has 0 aliphatic heterocycles. The van der Waals surface area contributed by atoms with Crippen molar-refractivity contribution in [1.29, 1.82) is 5.26 Å². The summed E-state index contributed by atoms with van der Waals surface area (Å²) in [6.45, 7) is 2.18. The zero-order chi connectivity index (χ0) is 16.9. The highest BCUT2D eigenvalue weighted by atomic mass is 35.5. The SMILES string of the molecule is C[C@@H](NCC(=O)N(C)C1(C#N)CCCCC1)c1ccccc1Cl. The molecule has 0 spiro atoms. The minimum atomic E-state index is -0.634. The normalized spacial score (nSPS) is 18.0. The van der Waals surface area contributed by atoms with Crippen LogP contribution in [-0.4, -0.2) is 29.9 Å². The summed E-state index contributed by atoms with van der Waals surface area (Å²) in [5.74, 6) is -0.0487. The third-order valence-electron chi connectivity index (χ3n) is 4.84. The van der Waals surface area contributed by atoms with Gasteiger partial charge in [-0.1, -0.05) is 49.1 Å². The van der Waals surface area contributed by atoms with E-state index < -0.39 is 5.54 Å². The molecule has 1 aromatic rings. The van der Waals surface area contributed by atoms with Gasteiger partial charge in [0, 0.05) is 18.1 Å². The van der Waals surface area contributed by atoms with Gasteiger partial charge in [0.05, 0.1) is 12.6 Å². The van der Waals surface area contributed by atoms with Crippen LogP contribution in [0.4, 0.5) is 0 Å². The van der Waals surface area contributed by atoms with Crippen molar-refractivity contribution in [2.24, 2.45) is 0 Å². The fraction of sp³-hybridized carbons (Fsp3) is 0.556. The Morgan fingerprint density at radius 1 is 1.39 bits per heavy atom. The largest absolute Gasteiger partial charge is 0.326 e. The number of nitrogens with zero attached hydrogens (tertiary/aromatic N) is 2. The van der Waals surface area contributed by atoms with E-state index in [1.165, 1.54) is 0 Å². The summed E-state index contributed by atoms with van der Waals surface area (Å²) in [5, 5.41) is 13.5. The third-order valence-corrected chi connectivity index (χ3v) is 5.18. The minimum Gasteiger partial charge on any atom is -0.326 e. The maximum atomic E-state index is 12.5. The number of nitrogens with one attached hydrogen (secondary N) is 1. The van der Waals surface area contributed by atoms with Crippen LogP contribution in [-0.2, 0) is 4.79 Å². The molecular weight excluding hydrogens is 310 g/mol. The highest BCUT2D eigenvalue weighted by Crippen LogP contribution is 2.32. The van der Waals surface area contributed by atoms with E-state index in [9.17, 15) is 10.1 Å². The maximum absolute atomic E-state index is 12.5. The zero-order valence-corrected chi connectivity index (χ0v) is 14.6. The Hall–Kier alpha value is -1.57.